The van der Waals surface area contributed by atoms with Crippen LogP contribution in [-0.2, 0) is 0 Å². The van der Waals surface area contributed by atoms with Crippen LogP contribution in [0.15, 0.2) is 18.2 Å². The van der Waals surface area contributed by atoms with Gasteiger partial charge in [-0.05, 0) is 25.1 Å². The topological polar surface area (TPSA) is 69.8 Å². The van der Waals surface area contributed by atoms with Gasteiger partial charge in [-0.25, -0.2) is 0 Å². The molecule has 18 heavy (non-hydrogen) atoms. The number of hydrogen-bond acceptors (Lipinski definition) is 4. The van der Waals surface area contributed by atoms with E-state index in [-0.39, 0.29) is 12.5 Å². The molecule has 0 bridgehead atoms. The molecular formula is C13H21N3O2. The zero-order chi connectivity index (χ0) is 13.7. The Labute approximate surface area is 108 Å². The smallest absolute Gasteiger partial charge is 0.253 e. The number of nitrogens with two attached hydrogens (primary N) is 1. The summed E-state index contributed by atoms with van der Waals surface area (Å²) in [6.45, 7) is 2.75. The Morgan fingerprint density at radius 2 is 2.06 bits per heavy atom. The van der Waals surface area contributed by atoms with Crippen LogP contribution < -0.4 is 10.6 Å². The number of rotatable bonds is 5. The maximum atomic E-state index is 12.1. The maximum Gasteiger partial charge on any atom is 0.253 e. The lowest BCUT2D eigenvalue weighted by Gasteiger charge is -2.21. The van der Waals surface area contributed by atoms with E-state index in [4.69, 9.17) is 10.8 Å². The van der Waals surface area contributed by atoms with Crippen molar-refractivity contribution in [3.63, 3.8) is 0 Å². The van der Waals surface area contributed by atoms with Gasteiger partial charge in [-0.1, -0.05) is 0 Å². The second-order valence-corrected chi connectivity index (χ2v) is 4.28. The lowest BCUT2D eigenvalue weighted by atomic mass is 10.1. The Morgan fingerprint density at radius 1 is 1.39 bits per heavy atom. The summed E-state index contributed by atoms with van der Waals surface area (Å²) in [5.41, 5.74) is 7.92. The number of nitrogen functional groups attached to an aromatic ring is 1. The van der Waals surface area contributed by atoms with Crippen LogP contribution in [0.4, 0.5) is 11.4 Å². The number of anilines is 2. The zero-order valence-corrected chi connectivity index (χ0v) is 11.2. The minimum absolute atomic E-state index is 0.0369. The number of carbonyl (C=O) groups excluding carboxylic acids is 1. The van der Waals surface area contributed by atoms with Crippen LogP contribution in [0.3, 0.4) is 0 Å². The van der Waals surface area contributed by atoms with Crippen LogP contribution in [-0.4, -0.2) is 49.7 Å². The number of aliphatic hydroxyl groups excluding tert-OH is 1. The second kappa shape index (κ2) is 6.26. The van der Waals surface area contributed by atoms with Gasteiger partial charge in [0.2, 0.25) is 0 Å². The first-order valence-corrected chi connectivity index (χ1v) is 5.98. The molecule has 0 aliphatic carbocycles. The average molecular weight is 251 g/mol. The van der Waals surface area contributed by atoms with Crippen molar-refractivity contribution in [2.45, 2.75) is 6.92 Å². The van der Waals surface area contributed by atoms with Crippen molar-refractivity contribution in [3.8, 4) is 0 Å². The fraction of sp³-hybridized carbons (Fsp3) is 0.462. The maximum absolute atomic E-state index is 12.1. The molecule has 0 aromatic heterocycles. The first-order chi connectivity index (χ1) is 8.51. The standard InChI is InChI=1S/C13H21N3O2/c1-4-16(7-8-17)13(18)10-5-6-12(15(2)3)11(14)9-10/h5-6,9,17H,4,7-8,14H2,1-3H3. The molecule has 1 aromatic carbocycles. The van der Waals surface area contributed by atoms with Gasteiger partial charge in [0.1, 0.15) is 0 Å². The first-order valence-electron chi connectivity index (χ1n) is 5.98. The molecule has 0 fully saturated rings. The molecule has 1 amide bonds. The Morgan fingerprint density at radius 3 is 2.50 bits per heavy atom. The van der Waals surface area contributed by atoms with Gasteiger partial charge in [-0.15, -0.1) is 0 Å². The molecule has 0 unspecified atom stereocenters. The third-order valence-electron chi connectivity index (χ3n) is 2.80. The van der Waals surface area contributed by atoms with Gasteiger partial charge in [0.25, 0.3) is 5.91 Å². The Kier molecular flexibility index (Phi) is 4.97. The van der Waals surface area contributed by atoms with Crippen LogP contribution in [0.25, 0.3) is 0 Å². The highest BCUT2D eigenvalue weighted by molar-refractivity contribution is 5.96. The molecule has 0 radical (unpaired) electrons. The van der Waals surface area contributed by atoms with Crippen LogP contribution in [0, 0.1) is 0 Å². The lowest BCUT2D eigenvalue weighted by molar-refractivity contribution is 0.0732. The van der Waals surface area contributed by atoms with Gasteiger partial charge in [0.15, 0.2) is 0 Å². The Hall–Kier alpha value is -1.75. The van der Waals surface area contributed by atoms with E-state index in [1.165, 1.54) is 0 Å². The van der Waals surface area contributed by atoms with Gasteiger partial charge in [-0.3, -0.25) is 4.79 Å². The van der Waals surface area contributed by atoms with E-state index < -0.39 is 0 Å². The van der Waals surface area contributed by atoms with E-state index in [0.717, 1.165) is 5.69 Å². The van der Waals surface area contributed by atoms with E-state index in [1.54, 1.807) is 17.0 Å². The molecule has 3 N–H and O–H groups in total. The van der Waals surface area contributed by atoms with Gasteiger partial charge in [0, 0.05) is 32.7 Å². The Balaban J connectivity index is 2.96. The average Bonchev–Trinajstić information content (AvgIpc) is 2.34. The van der Waals surface area contributed by atoms with Crippen molar-refractivity contribution in [1.29, 1.82) is 0 Å². The van der Waals surface area contributed by atoms with Crippen molar-refractivity contribution >= 4 is 17.3 Å². The molecule has 0 aliphatic rings. The number of benzene rings is 1. The third kappa shape index (κ3) is 3.13. The van der Waals surface area contributed by atoms with Crippen molar-refractivity contribution in [3.05, 3.63) is 23.8 Å². The summed E-state index contributed by atoms with van der Waals surface area (Å²) in [7, 11) is 3.80. The molecule has 5 nitrogen and oxygen atoms in total. The summed E-state index contributed by atoms with van der Waals surface area (Å²) in [4.78, 5) is 15.6. The second-order valence-electron chi connectivity index (χ2n) is 4.28. The van der Waals surface area contributed by atoms with Crippen molar-refractivity contribution in [2.75, 3.05) is 44.4 Å². The summed E-state index contributed by atoms with van der Waals surface area (Å²) in [6.07, 6.45) is 0. The fourth-order valence-corrected chi connectivity index (χ4v) is 1.80. The zero-order valence-electron chi connectivity index (χ0n) is 11.2. The van der Waals surface area contributed by atoms with Gasteiger partial charge in [-0.2, -0.15) is 0 Å². The molecule has 0 aliphatic heterocycles. The minimum atomic E-state index is -0.108. The summed E-state index contributed by atoms with van der Waals surface area (Å²) in [6, 6.07) is 5.26. The number of nitrogens with zero attached hydrogens (tertiary/aromatic N) is 2. The molecule has 0 atom stereocenters. The van der Waals surface area contributed by atoms with Crippen LogP contribution in [0.5, 0.6) is 0 Å². The van der Waals surface area contributed by atoms with Gasteiger partial charge >= 0.3 is 0 Å². The number of likely N-dealkylation sites (N-methyl/N-ethyl adjacent to an activating group) is 1. The minimum Gasteiger partial charge on any atom is -0.397 e. The molecule has 0 saturated carbocycles. The van der Waals surface area contributed by atoms with Crippen LogP contribution in [0.2, 0.25) is 0 Å². The highest BCUT2D eigenvalue weighted by Crippen LogP contribution is 2.22. The van der Waals surface area contributed by atoms with Crippen LogP contribution >= 0.6 is 0 Å². The van der Waals surface area contributed by atoms with E-state index in [1.807, 2.05) is 32.0 Å². The Bertz CT molecular complexity index is 419. The number of hydrogen-bond donors (Lipinski definition) is 2. The third-order valence-corrected chi connectivity index (χ3v) is 2.80. The van der Waals surface area contributed by atoms with Gasteiger partial charge in [0.05, 0.1) is 18.0 Å². The van der Waals surface area contributed by atoms with Crippen molar-refractivity contribution < 1.29 is 9.90 Å². The van der Waals surface area contributed by atoms with E-state index in [9.17, 15) is 4.79 Å². The summed E-state index contributed by atoms with van der Waals surface area (Å²) in [5, 5.41) is 8.91. The van der Waals surface area contributed by atoms with Crippen LogP contribution in [0.1, 0.15) is 17.3 Å². The normalized spacial score (nSPS) is 10.2. The molecule has 100 valence electrons. The number of amides is 1. The number of aliphatic hydroxyl groups is 1. The quantitative estimate of drug-likeness (QED) is 0.759. The summed E-state index contributed by atoms with van der Waals surface area (Å²) < 4.78 is 0. The van der Waals surface area contributed by atoms with Crippen molar-refractivity contribution in [2.24, 2.45) is 0 Å². The summed E-state index contributed by atoms with van der Waals surface area (Å²) >= 11 is 0. The lowest BCUT2D eigenvalue weighted by Crippen LogP contribution is -2.33. The molecule has 0 spiro atoms. The van der Waals surface area contributed by atoms with E-state index >= 15 is 0 Å². The molecule has 1 aromatic rings. The SMILES string of the molecule is CCN(CCO)C(=O)c1ccc(N(C)C)c(N)c1. The van der Waals surface area contributed by atoms with Gasteiger partial charge < -0.3 is 20.6 Å². The predicted molar refractivity (Wildman–Crippen MR) is 73.8 cm³/mol. The van der Waals surface area contributed by atoms with E-state index in [0.29, 0.717) is 24.3 Å². The predicted octanol–water partition coefficient (Wildman–Crippen LogP) is 0.789. The molecule has 0 heterocycles. The van der Waals surface area contributed by atoms with Crippen molar-refractivity contribution in [1.82, 2.24) is 4.90 Å². The molecule has 5 heteroatoms. The van der Waals surface area contributed by atoms with E-state index in [2.05, 4.69) is 0 Å². The highest BCUT2D eigenvalue weighted by atomic mass is 16.3. The monoisotopic (exact) mass is 251 g/mol. The fourth-order valence-electron chi connectivity index (χ4n) is 1.80. The number of carbonyl (C=O) groups is 1. The largest absolute Gasteiger partial charge is 0.397 e. The molecule has 1 rings (SSSR count). The first kappa shape index (κ1) is 14.3. The molecule has 0 saturated heterocycles. The summed E-state index contributed by atoms with van der Waals surface area (Å²) in [5.74, 6) is -0.108. The molecular weight excluding hydrogens is 230 g/mol. The highest BCUT2D eigenvalue weighted by Gasteiger charge is 2.14.